The normalized spacial score (nSPS) is 14.7. The second-order valence-corrected chi connectivity index (χ2v) is 2.78. The number of hydrogen-bond donors (Lipinski definition) is 1. The first-order chi connectivity index (χ1) is 5.42. The van der Waals surface area contributed by atoms with Crippen LogP contribution in [-0.4, -0.2) is 21.5 Å². The molecule has 1 N–H and O–H groups in total. The maximum absolute atomic E-state index is 11.5. The first-order valence-electron chi connectivity index (χ1n) is 3.23. The molecular weight excluding hydrogens is 197 g/mol. The first kappa shape index (κ1) is 11.9. The molecule has 0 aliphatic heterocycles. The van der Waals surface area contributed by atoms with Gasteiger partial charge >= 0.3 is 17.5 Å². The number of alkyl halides is 3. The molecule has 7 heteroatoms. The summed E-state index contributed by atoms with van der Waals surface area (Å²) in [6.07, 6.45) is -4.99. The van der Waals surface area contributed by atoms with Crippen molar-refractivity contribution in [3.8, 4) is 0 Å². The minimum atomic E-state index is -4.15. The Bertz CT molecular complexity index is 147. The standard InChI is InChI=1S/C5H9F3O3S/c6-5(7,8)3-1-2-4-11-12(9)10/h1-4H2,(H,9,10). The molecule has 0 aromatic rings. The van der Waals surface area contributed by atoms with Crippen molar-refractivity contribution < 1.29 is 26.1 Å². The van der Waals surface area contributed by atoms with E-state index in [1.54, 1.807) is 0 Å². The summed E-state index contributed by atoms with van der Waals surface area (Å²) in [5.74, 6) is 0. The molecule has 1 atom stereocenters. The second kappa shape index (κ2) is 5.50. The van der Waals surface area contributed by atoms with Gasteiger partial charge in [0.15, 0.2) is 0 Å². The molecule has 3 nitrogen and oxygen atoms in total. The zero-order valence-electron chi connectivity index (χ0n) is 6.13. The van der Waals surface area contributed by atoms with Crippen molar-refractivity contribution in [2.75, 3.05) is 6.61 Å². The predicted molar refractivity (Wildman–Crippen MR) is 36.6 cm³/mol. The van der Waals surface area contributed by atoms with E-state index in [1.165, 1.54) is 0 Å². The summed E-state index contributed by atoms with van der Waals surface area (Å²) in [5, 5.41) is 0. The summed E-state index contributed by atoms with van der Waals surface area (Å²) in [7, 11) is 0. The third-order valence-corrected chi connectivity index (χ3v) is 1.41. The SMILES string of the molecule is O=S(O)OCCCCC(F)(F)F. The van der Waals surface area contributed by atoms with Gasteiger partial charge in [-0.2, -0.15) is 17.4 Å². The van der Waals surface area contributed by atoms with Gasteiger partial charge in [0.25, 0.3) is 0 Å². The molecule has 0 fully saturated rings. The van der Waals surface area contributed by atoms with Gasteiger partial charge in [-0.3, -0.25) is 8.74 Å². The van der Waals surface area contributed by atoms with Gasteiger partial charge in [-0.05, 0) is 12.8 Å². The molecule has 0 saturated heterocycles. The molecule has 0 aliphatic carbocycles. The van der Waals surface area contributed by atoms with E-state index in [1.807, 2.05) is 0 Å². The minimum absolute atomic E-state index is 0.0826. The smallest absolute Gasteiger partial charge is 0.284 e. The highest BCUT2D eigenvalue weighted by Crippen LogP contribution is 2.21. The average molecular weight is 206 g/mol. The van der Waals surface area contributed by atoms with E-state index >= 15 is 0 Å². The number of unbranched alkanes of at least 4 members (excludes halogenated alkanes) is 1. The van der Waals surface area contributed by atoms with Gasteiger partial charge in [0.05, 0.1) is 6.61 Å². The van der Waals surface area contributed by atoms with Crippen LogP contribution < -0.4 is 0 Å². The lowest BCUT2D eigenvalue weighted by Gasteiger charge is -2.04. The molecule has 0 rings (SSSR count). The number of hydrogen-bond acceptors (Lipinski definition) is 2. The van der Waals surface area contributed by atoms with Crippen molar-refractivity contribution in [2.45, 2.75) is 25.4 Å². The van der Waals surface area contributed by atoms with Crippen LogP contribution in [0.1, 0.15) is 19.3 Å². The first-order valence-corrected chi connectivity index (χ1v) is 4.26. The van der Waals surface area contributed by atoms with Gasteiger partial charge in [-0.15, -0.1) is 0 Å². The molecule has 0 bridgehead atoms. The zero-order valence-corrected chi connectivity index (χ0v) is 6.95. The summed E-state index contributed by atoms with van der Waals surface area (Å²) in [4.78, 5) is 0. The molecular formula is C5H9F3O3S. The highest BCUT2D eigenvalue weighted by atomic mass is 32.2. The lowest BCUT2D eigenvalue weighted by atomic mass is 10.2. The third kappa shape index (κ3) is 9.86. The van der Waals surface area contributed by atoms with E-state index < -0.39 is 24.0 Å². The largest absolute Gasteiger partial charge is 0.389 e. The number of rotatable bonds is 5. The molecule has 0 aromatic heterocycles. The minimum Gasteiger partial charge on any atom is -0.284 e. The molecule has 0 saturated carbocycles. The van der Waals surface area contributed by atoms with Gasteiger partial charge in [0.2, 0.25) is 0 Å². The van der Waals surface area contributed by atoms with E-state index in [2.05, 4.69) is 4.18 Å². The van der Waals surface area contributed by atoms with Crippen molar-refractivity contribution in [3.05, 3.63) is 0 Å². The van der Waals surface area contributed by atoms with Crippen LogP contribution in [0.4, 0.5) is 13.2 Å². The summed E-state index contributed by atoms with van der Waals surface area (Å²) >= 11 is -2.37. The Morgan fingerprint density at radius 3 is 2.33 bits per heavy atom. The van der Waals surface area contributed by atoms with Gasteiger partial charge < -0.3 is 0 Å². The Kier molecular flexibility index (Phi) is 5.43. The van der Waals surface area contributed by atoms with E-state index in [-0.39, 0.29) is 19.4 Å². The number of halogens is 3. The monoisotopic (exact) mass is 206 g/mol. The van der Waals surface area contributed by atoms with Crippen molar-refractivity contribution >= 4 is 11.4 Å². The molecule has 0 radical (unpaired) electrons. The maximum atomic E-state index is 11.5. The molecule has 74 valence electrons. The highest BCUT2D eigenvalue weighted by Gasteiger charge is 2.25. The molecule has 0 heterocycles. The zero-order chi connectivity index (χ0) is 9.61. The van der Waals surface area contributed by atoms with E-state index in [0.29, 0.717) is 0 Å². The van der Waals surface area contributed by atoms with Crippen LogP contribution >= 0.6 is 0 Å². The molecule has 0 aliphatic rings. The summed E-state index contributed by atoms with van der Waals surface area (Å²) < 4.78 is 56.5. The Hall–Kier alpha value is -0.140. The van der Waals surface area contributed by atoms with Crippen LogP contribution in [0.3, 0.4) is 0 Å². The maximum Gasteiger partial charge on any atom is 0.389 e. The molecule has 12 heavy (non-hydrogen) atoms. The van der Waals surface area contributed by atoms with E-state index in [0.717, 1.165) is 0 Å². The van der Waals surface area contributed by atoms with Gasteiger partial charge in [-0.25, -0.2) is 0 Å². The van der Waals surface area contributed by atoms with Crippen LogP contribution in [0, 0.1) is 0 Å². The van der Waals surface area contributed by atoms with Gasteiger partial charge in [0.1, 0.15) is 0 Å². The topological polar surface area (TPSA) is 46.5 Å². The Balaban J connectivity index is 3.17. The van der Waals surface area contributed by atoms with E-state index in [9.17, 15) is 17.4 Å². The van der Waals surface area contributed by atoms with Crippen molar-refractivity contribution in [1.29, 1.82) is 0 Å². The van der Waals surface area contributed by atoms with Crippen molar-refractivity contribution in [1.82, 2.24) is 0 Å². The van der Waals surface area contributed by atoms with Crippen molar-refractivity contribution in [3.63, 3.8) is 0 Å². The van der Waals surface area contributed by atoms with Crippen LogP contribution in [0.5, 0.6) is 0 Å². The molecule has 0 amide bonds. The fourth-order valence-corrected chi connectivity index (χ4v) is 0.818. The summed E-state index contributed by atoms with van der Waals surface area (Å²) in [5.41, 5.74) is 0. The Morgan fingerprint density at radius 2 is 1.92 bits per heavy atom. The Labute approximate surface area is 70.4 Å². The van der Waals surface area contributed by atoms with Crippen LogP contribution in [0.25, 0.3) is 0 Å². The lowest BCUT2D eigenvalue weighted by molar-refractivity contribution is -0.135. The molecule has 0 aromatic carbocycles. The molecule has 0 spiro atoms. The fourth-order valence-electron chi connectivity index (χ4n) is 0.558. The lowest BCUT2D eigenvalue weighted by Crippen LogP contribution is -2.07. The molecule has 1 unspecified atom stereocenters. The summed E-state index contributed by atoms with van der Waals surface area (Å²) in [6.45, 7) is -0.126. The summed E-state index contributed by atoms with van der Waals surface area (Å²) in [6, 6.07) is 0. The third-order valence-electron chi connectivity index (χ3n) is 1.04. The van der Waals surface area contributed by atoms with Crippen LogP contribution in [0.15, 0.2) is 0 Å². The fraction of sp³-hybridized carbons (Fsp3) is 1.00. The second-order valence-electron chi connectivity index (χ2n) is 2.11. The predicted octanol–water partition coefficient (Wildman–Crippen LogP) is 1.87. The quantitative estimate of drug-likeness (QED) is 0.551. The van der Waals surface area contributed by atoms with Crippen LogP contribution in [-0.2, 0) is 15.5 Å². The van der Waals surface area contributed by atoms with E-state index in [4.69, 9.17) is 4.55 Å². The Morgan fingerprint density at radius 1 is 1.33 bits per heavy atom. The average Bonchev–Trinajstić information content (AvgIpc) is 1.83. The van der Waals surface area contributed by atoms with Crippen LogP contribution in [0.2, 0.25) is 0 Å². The highest BCUT2D eigenvalue weighted by molar-refractivity contribution is 7.74. The van der Waals surface area contributed by atoms with Gasteiger partial charge in [-0.1, -0.05) is 0 Å². The van der Waals surface area contributed by atoms with Crippen molar-refractivity contribution in [2.24, 2.45) is 0 Å². The van der Waals surface area contributed by atoms with Gasteiger partial charge in [0, 0.05) is 6.42 Å².